The maximum absolute atomic E-state index is 12.2. The molecular formula is C17H19N5O2. The van der Waals surface area contributed by atoms with E-state index in [1.54, 1.807) is 13.2 Å². The molecule has 0 aliphatic carbocycles. The SMILES string of the molecule is COc1ccc(-c2n[nH]c(CNC(=O)c3ccc(C)n3C)n2)cc1. The van der Waals surface area contributed by atoms with Crippen LogP contribution in [0.15, 0.2) is 36.4 Å². The van der Waals surface area contributed by atoms with Crippen LogP contribution in [0.4, 0.5) is 0 Å². The topological polar surface area (TPSA) is 84.8 Å². The number of H-pyrrole nitrogens is 1. The van der Waals surface area contributed by atoms with E-state index >= 15 is 0 Å². The van der Waals surface area contributed by atoms with Gasteiger partial charge in [-0.2, -0.15) is 5.10 Å². The third kappa shape index (κ3) is 3.15. The first-order valence-corrected chi connectivity index (χ1v) is 7.54. The summed E-state index contributed by atoms with van der Waals surface area (Å²) < 4.78 is 6.98. The van der Waals surface area contributed by atoms with Gasteiger partial charge in [0, 0.05) is 18.3 Å². The quantitative estimate of drug-likeness (QED) is 0.752. The fraction of sp³-hybridized carbons (Fsp3) is 0.235. The second kappa shape index (κ2) is 6.57. The molecular weight excluding hydrogens is 306 g/mol. The smallest absolute Gasteiger partial charge is 0.268 e. The average molecular weight is 325 g/mol. The van der Waals surface area contributed by atoms with Gasteiger partial charge in [0.05, 0.1) is 13.7 Å². The molecule has 7 heteroatoms. The highest BCUT2D eigenvalue weighted by molar-refractivity contribution is 5.92. The van der Waals surface area contributed by atoms with Crippen LogP contribution in [0.25, 0.3) is 11.4 Å². The Morgan fingerprint density at radius 1 is 1.25 bits per heavy atom. The zero-order valence-corrected chi connectivity index (χ0v) is 13.8. The lowest BCUT2D eigenvalue weighted by atomic mass is 10.2. The van der Waals surface area contributed by atoms with Gasteiger partial charge in [0.15, 0.2) is 5.82 Å². The summed E-state index contributed by atoms with van der Waals surface area (Å²) in [6, 6.07) is 11.2. The van der Waals surface area contributed by atoms with Gasteiger partial charge in [0.1, 0.15) is 17.3 Å². The lowest BCUT2D eigenvalue weighted by Crippen LogP contribution is -2.25. The van der Waals surface area contributed by atoms with Gasteiger partial charge in [-0.3, -0.25) is 9.89 Å². The van der Waals surface area contributed by atoms with Crippen molar-refractivity contribution in [3.8, 4) is 17.1 Å². The van der Waals surface area contributed by atoms with Crippen LogP contribution in [0.1, 0.15) is 22.0 Å². The molecule has 0 aliphatic rings. The maximum Gasteiger partial charge on any atom is 0.268 e. The molecule has 124 valence electrons. The number of carbonyl (C=O) groups is 1. The van der Waals surface area contributed by atoms with Gasteiger partial charge in [-0.05, 0) is 43.3 Å². The molecule has 0 fully saturated rings. The normalized spacial score (nSPS) is 10.6. The molecule has 0 saturated heterocycles. The monoisotopic (exact) mass is 325 g/mol. The van der Waals surface area contributed by atoms with Gasteiger partial charge in [-0.15, -0.1) is 0 Å². The fourth-order valence-electron chi connectivity index (χ4n) is 2.34. The second-order valence-corrected chi connectivity index (χ2v) is 5.44. The van der Waals surface area contributed by atoms with Gasteiger partial charge < -0.3 is 14.6 Å². The van der Waals surface area contributed by atoms with E-state index in [4.69, 9.17) is 4.74 Å². The number of rotatable bonds is 5. The van der Waals surface area contributed by atoms with Crippen molar-refractivity contribution >= 4 is 5.91 Å². The first kappa shape index (κ1) is 15.8. The van der Waals surface area contributed by atoms with E-state index in [2.05, 4.69) is 20.5 Å². The Morgan fingerprint density at radius 2 is 2.00 bits per heavy atom. The number of methoxy groups -OCH3 is 1. The van der Waals surface area contributed by atoms with Gasteiger partial charge in [-0.1, -0.05) is 0 Å². The molecule has 0 unspecified atom stereocenters. The Morgan fingerprint density at radius 3 is 2.62 bits per heavy atom. The molecule has 0 radical (unpaired) electrons. The summed E-state index contributed by atoms with van der Waals surface area (Å²) in [6.45, 7) is 2.24. The van der Waals surface area contributed by atoms with Crippen LogP contribution in [0.3, 0.4) is 0 Å². The number of benzene rings is 1. The molecule has 0 aliphatic heterocycles. The predicted molar refractivity (Wildman–Crippen MR) is 89.7 cm³/mol. The number of aryl methyl sites for hydroxylation is 1. The van der Waals surface area contributed by atoms with Crippen LogP contribution in [0.2, 0.25) is 0 Å². The Kier molecular flexibility index (Phi) is 4.33. The van der Waals surface area contributed by atoms with Crippen LogP contribution in [0.5, 0.6) is 5.75 Å². The zero-order valence-electron chi connectivity index (χ0n) is 13.8. The predicted octanol–water partition coefficient (Wildman–Crippen LogP) is 2.06. The Hall–Kier alpha value is -3.09. The molecule has 3 aromatic rings. The number of aromatic nitrogens is 4. The number of nitrogens with one attached hydrogen (secondary N) is 2. The molecule has 7 nitrogen and oxygen atoms in total. The molecule has 0 bridgehead atoms. The Balaban J connectivity index is 1.65. The van der Waals surface area contributed by atoms with Crippen molar-refractivity contribution in [1.82, 2.24) is 25.1 Å². The number of ether oxygens (including phenoxy) is 1. The zero-order chi connectivity index (χ0) is 17.1. The highest BCUT2D eigenvalue weighted by Crippen LogP contribution is 2.18. The lowest BCUT2D eigenvalue weighted by Gasteiger charge is -2.05. The van der Waals surface area contributed by atoms with Gasteiger partial charge in [0.25, 0.3) is 5.91 Å². The van der Waals surface area contributed by atoms with Crippen LogP contribution in [0, 0.1) is 6.92 Å². The summed E-state index contributed by atoms with van der Waals surface area (Å²) in [7, 11) is 3.48. The minimum absolute atomic E-state index is 0.145. The highest BCUT2D eigenvalue weighted by atomic mass is 16.5. The summed E-state index contributed by atoms with van der Waals surface area (Å²) in [5, 5.41) is 9.87. The summed E-state index contributed by atoms with van der Waals surface area (Å²) in [4.78, 5) is 16.6. The van der Waals surface area contributed by atoms with Crippen molar-refractivity contribution in [2.24, 2.45) is 7.05 Å². The Bertz CT molecular complexity index is 848. The first-order chi connectivity index (χ1) is 11.6. The third-order valence-corrected chi connectivity index (χ3v) is 3.90. The molecule has 3 rings (SSSR count). The van der Waals surface area contributed by atoms with Crippen molar-refractivity contribution in [2.45, 2.75) is 13.5 Å². The van der Waals surface area contributed by atoms with E-state index in [9.17, 15) is 4.79 Å². The largest absolute Gasteiger partial charge is 0.497 e. The molecule has 2 aromatic heterocycles. The molecule has 0 saturated carbocycles. The fourth-order valence-corrected chi connectivity index (χ4v) is 2.34. The molecule has 2 N–H and O–H groups in total. The van der Waals surface area contributed by atoms with E-state index in [0.717, 1.165) is 17.0 Å². The summed E-state index contributed by atoms with van der Waals surface area (Å²) in [5.41, 5.74) is 2.52. The minimum atomic E-state index is -0.145. The van der Waals surface area contributed by atoms with Crippen molar-refractivity contribution in [2.75, 3.05) is 7.11 Å². The summed E-state index contributed by atoms with van der Waals surface area (Å²) in [6.07, 6.45) is 0. The van der Waals surface area contributed by atoms with Crippen molar-refractivity contribution in [3.63, 3.8) is 0 Å². The number of carbonyl (C=O) groups excluding carboxylic acids is 1. The van der Waals surface area contributed by atoms with E-state index in [1.807, 2.05) is 48.9 Å². The lowest BCUT2D eigenvalue weighted by molar-refractivity contribution is 0.0941. The summed E-state index contributed by atoms with van der Waals surface area (Å²) >= 11 is 0. The maximum atomic E-state index is 12.2. The first-order valence-electron chi connectivity index (χ1n) is 7.54. The van der Waals surface area contributed by atoms with Crippen LogP contribution in [-0.2, 0) is 13.6 Å². The number of aromatic amines is 1. The van der Waals surface area contributed by atoms with Crippen LogP contribution < -0.4 is 10.1 Å². The molecule has 1 aromatic carbocycles. The van der Waals surface area contributed by atoms with Crippen LogP contribution >= 0.6 is 0 Å². The van der Waals surface area contributed by atoms with Crippen molar-refractivity contribution < 1.29 is 9.53 Å². The Labute approximate surface area is 139 Å². The number of hydrogen-bond donors (Lipinski definition) is 2. The van der Waals surface area contributed by atoms with Gasteiger partial charge in [0.2, 0.25) is 0 Å². The van der Waals surface area contributed by atoms with Crippen molar-refractivity contribution in [1.29, 1.82) is 0 Å². The van der Waals surface area contributed by atoms with Gasteiger partial charge in [-0.25, -0.2) is 4.98 Å². The molecule has 24 heavy (non-hydrogen) atoms. The van der Waals surface area contributed by atoms with Crippen LogP contribution in [-0.4, -0.2) is 32.8 Å². The molecule has 2 heterocycles. The number of nitrogens with zero attached hydrogens (tertiary/aromatic N) is 3. The molecule has 0 spiro atoms. The minimum Gasteiger partial charge on any atom is -0.497 e. The second-order valence-electron chi connectivity index (χ2n) is 5.44. The van der Waals surface area contributed by atoms with E-state index < -0.39 is 0 Å². The highest BCUT2D eigenvalue weighted by Gasteiger charge is 2.12. The van der Waals surface area contributed by atoms with Crippen molar-refractivity contribution in [3.05, 3.63) is 53.6 Å². The number of amides is 1. The van der Waals surface area contributed by atoms with E-state index in [0.29, 0.717) is 17.3 Å². The van der Waals surface area contributed by atoms with E-state index in [1.165, 1.54) is 0 Å². The molecule has 1 amide bonds. The number of hydrogen-bond acceptors (Lipinski definition) is 4. The third-order valence-electron chi connectivity index (χ3n) is 3.90. The molecule has 0 atom stereocenters. The standard InChI is InChI=1S/C17H19N5O2/c1-11-4-9-14(22(11)2)17(23)18-10-15-19-16(21-20-15)12-5-7-13(24-3)8-6-12/h4-9H,10H2,1-3H3,(H,18,23)(H,19,20,21). The average Bonchev–Trinajstić information content (AvgIpc) is 3.21. The summed E-state index contributed by atoms with van der Waals surface area (Å²) in [5.74, 6) is 1.81. The van der Waals surface area contributed by atoms with E-state index in [-0.39, 0.29) is 12.5 Å². The van der Waals surface area contributed by atoms with Gasteiger partial charge >= 0.3 is 0 Å².